The smallest absolute Gasteiger partial charge is 0.338 e. The minimum absolute atomic E-state index is 0.223. The number of amides is 1. The molecule has 6 nitrogen and oxygen atoms in total. The Hall–Kier alpha value is -3.35. The lowest BCUT2D eigenvalue weighted by Gasteiger charge is -2.08. The predicted octanol–water partition coefficient (Wildman–Crippen LogP) is 2.86. The van der Waals surface area contributed by atoms with Gasteiger partial charge in [0.15, 0.2) is 6.61 Å². The second kappa shape index (κ2) is 7.90. The maximum atomic E-state index is 12.8. The van der Waals surface area contributed by atoms with E-state index in [1.165, 1.54) is 12.1 Å². The van der Waals surface area contributed by atoms with Crippen molar-refractivity contribution >= 4 is 22.9 Å². The van der Waals surface area contributed by atoms with E-state index in [4.69, 9.17) is 4.74 Å². The molecular weight excluding hydrogens is 349 g/mol. The van der Waals surface area contributed by atoms with Gasteiger partial charge in [0, 0.05) is 6.54 Å². The summed E-state index contributed by atoms with van der Waals surface area (Å²) in [5.41, 5.74) is 3.94. The Labute approximate surface area is 155 Å². The Morgan fingerprint density at radius 3 is 2.37 bits per heavy atom. The molecule has 0 aliphatic carbocycles. The number of carbonyl (C=O) groups is 2. The highest BCUT2D eigenvalue weighted by atomic mass is 19.1. The maximum absolute atomic E-state index is 12.8. The number of nitrogens with zero attached hydrogens (tertiary/aromatic N) is 2. The summed E-state index contributed by atoms with van der Waals surface area (Å²) >= 11 is 0. The number of nitrogens with one attached hydrogen (secondary N) is 1. The highest BCUT2D eigenvalue weighted by Crippen LogP contribution is 2.15. The molecule has 0 saturated carbocycles. The molecule has 1 N–H and O–H groups in total. The van der Waals surface area contributed by atoms with Crippen molar-refractivity contribution in [2.45, 2.75) is 20.4 Å². The first-order valence-electron chi connectivity index (χ1n) is 8.35. The number of hydrogen-bond acceptors (Lipinski definition) is 5. The largest absolute Gasteiger partial charge is 0.452 e. The molecule has 0 aliphatic rings. The first kappa shape index (κ1) is 18.4. The van der Waals surface area contributed by atoms with Crippen molar-refractivity contribution in [3.8, 4) is 0 Å². The molecule has 3 rings (SSSR count). The molecule has 0 saturated heterocycles. The lowest BCUT2D eigenvalue weighted by atomic mass is 10.2. The third kappa shape index (κ3) is 4.63. The number of carbonyl (C=O) groups excluding carboxylic acids is 2. The van der Waals surface area contributed by atoms with Gasteiger partial charge >= 0.3 is 5.97 Å². The van der Waals surface area contributed by atoms with Gasteiger partial charge in [-0.15, -0.1) is 0 Å². The van der Waals surface area contributed by atoms with E-state index in [-0.39, 0.29) is 12.4 Å². The number of fused-ring (bicyclic) bond motifs is 1. The van der Waals surface area contributed by atoms with Crippen molar-refractivity contribution in [1.82, 2.24) is 15.3 Å². The number of benzene rings is 2. The standard InChI is InChI=1S/C20H18FN3O3/c1-12-13(2)24-18-9-15(5-8-17(18)23-12)20(26)27-11-19(25)22-10-14-3-6-16(21)7-4-14/h3-9H,10-11H2,1-2H3,(H,22,25). The van der Waals surface area contributed by atoms with E-state index in [1.54, 1.807) is 30.3 Å². The van der Waals surface area contributed by atoms with E-state index in [2.05, 4.69) is 15.3 Å². The summed E-state index contributed by atoms with van der Waals surface area (Å²) in [6.07, 6.45) is 0. The van der Waals surface area contributed by atoms with Gasteiger partial charge in [-0.2, -0.15) is 0 Å². The number of hydrogen-bond donors (Lipinski definition) is 1. The molecule has 3 aromatic rings. The Bertz CT molecular complexity index is 1000. The Balaban J connectivity index is 1.56. The van der Waals surface area contributed by atoms with Gasteiger partial charge in [-0.1, -0.05) is 12.1 Å². The minimum Gasteiger partial charge on any atom is -0.452 e. The number of aromatic nitrogens is 2. The topological polar surface area (TPSA) is 81.2 Å². The van der Waals surface area contributed by atoms with Gasteiger partial charge in [0.2, 0.25) is 0 Å². The first-order chi connectivity index (χ1) is 12.9. The van der Waals surface area contributed by atoms with E-state index in [0.717, 1.165) is 17.0 Å². The van der Waals surface area contributed by atoms with E-state index < -0.39 is 18.5 Å². The Kier molecular flexibility index (Phi) is 5.40. The molecule has 0 aliphatic heterocycles. The Morgan fingerprint density at radius 1 is 1.00 bits per heavy atom. The number of ether oxygens (including phenoxy) is 1. The van der Waals surface area contributed by atoms with Gasteiger partial charge in [-0.05, 0) is 49.7 Å². The zero-order valence-corrected chi connectivity index (χ0v) is 15.0. The van der Waals surface area contributed by atoms with Gasteiger partial charge in [0.1, 0.15) is 5.82 Å². The monoisotopic (exact) mass is 367 g/mol. The fourth-order valence-electron chi connectivity index (χ4n) is 2.43. The molecule has 0 radical (unpaired) electrons. The number of halogens is 1. The zero-order valence-electron chi connectivity index (χ0n) is 15.0. The summed E-state index contributed by atoms with van der Waals surface area (Å²) in [7, 11) is 0. The summed E-state index contributed by atoms with van der Waals surface area (Å²) in [5, 5.41) is 2.61. The van der Waals surface area contributed by atoms with Gasteiger partial charge in [-0.25, -0.2) is 19.2 Å². The highest BCUT2D eigenvalue weighted by Gasteiger charge is 2.12. The van der Waals surface area contributed by atoms with Crippen LogP contribution < -0.4 is 5.32 Å². The molecule has 7 heteroatoms. The number of rotatable bonds is 5. The van der Waals surface area contributed by atoms with Crippen molar-refractivity contribution in [3.05, 3.63) is 70.8 Å². The van der Waals surface area contributed by atoms with Crippen LogP contribution in [0.4, 0.5) is 4.39 Å². The van der Waals surface area contributed by atoms with E-state index >= 15 is 0 Å². The van der Waals surface area contributed by atoms with Gasteiger partial charge in [-0.3, -0.25) is 4.79 Å². The summed E-state index contributed by atoms with van der Waals surface area (Å²) in [6.45, 7) is 3.53. The van der Waals surface area contributed by atoms with Crippen LogP contribution in [0.15, 0.2) is 42.5 Å². The first-order valence-corrected chi connectivity index (χ1v) is 8.35. The van der Waals surface area contributed by atoms with Crippen molar-refractivity contribution in [2.75, 3.05) is 6.61 Å². The van der Waals surface area contributed by atoms with Crippen LogP contribution in [0.5, 0.6) is 0 Å². The van der Waals surface area contributed by atoms with Crippen molar-refractivity contribution in [2.24, 2.45) is 0 Å². The number of esters is 1. The van der Waals surface area contributed by atoms with Gasteiger partial charge in [0.25, 0.3) is 5.91 Å². The second-order valence-corrected chi connectivity index (χ2v) is 6.08. The molecule has 1 amide bonds. The molecule has 0 spiro atoms. The average Bonchev–Trinajstić information content (AvgIpc) is 2.66. The van der Waals surface area contributed by atoms with Crippen LogP contribution in [0.2, 0.25) is 0 Å². The lowest BCUT2D eigenvalue weighted by Crippen LogP contribution is -2.28. The summed E-state index contributed by atoms with van der Waals surface area (Å²) in [4.78, 5) is 32.8. The molecule has 0 bridgehead atoms. The third-order valence-corrected chi connectivity index (χ3v) is 4.05. The molecule has 1 aromatic heterocycles. The SMILES string of the molecule is Cc1nc2ccc(C(=O)OCC(=O)NCc3ccc(F)cc3)cc2nc1C. The fraction of sp³-hybridized carbons (Fsp3) is 0.200. The molecule has 27 heavy (non-hydrogen) atoms. The van der Waals surface area contributed by atoms with E-state index in [1.807, 2.05) is 13.8 Å². The van der Waals surface area contributed by atoms with Crippen LogP contribution >= 0.6 is 0 Å². The predicted molar refractivity (Wildman–Crippen MR) is 97.5 cm³/mol. The lowest BCUT2D eigenvalue weighted by molar-refractivity contribution is -0.124. The third-order valence-electron chi connectivity index (χ3n) is 4.05. The Morgan fingerprint density at radius 2 is 1.67 bits per heavy atom. The zero-order chi connectivity index (χ0) is 19.4. The van der Waals surface area contributed by atoms with Crippen LogP contribution in [-0.2, 0) is 16.1 Å². The van der Waals surface area contributed by atoms with Crippen LogP contribution in [0, 0.1) is 19.7 Å². The maximum Gasteiger partial charge on any atom is 0.338 e. The molecule has 0 fully saturated rings. The van der Waals surface area contributed by atoms with Crippen LogP contribution in [0.1, 0.15) is 27.3 Å². The minimum atomic E-state index is -0.617. The summed E-state index contributed by atoms with van der Waals surface area (Å²) < 4.78 is 17.9. The quantitative estimate of drug-likeness (QED) is 0.702. The summed E-state index contributed by atoms with van der Waals surface area (Å²) in [5.74, 6) is -1.40. The van der Waals surface area contributed by atoms with Gasteiger partial charge in [0.05, 0.1) is 28.0 Å². The highest BCUT2D eigenvalue weighted by molar-refractivity contribution is 5.94. The average molecular weight is 367 g/mol. The molecule has 1 heterocycles. The van der Waals surface area contributed by atoms with Crippen LogP contribution in [0.3, 0.4) is 0 Å². The normalized spacial score (nSPS) is 10.6. The fourth-order valence-corrected chi connectivity index (χ4v) is 2.43. The van der Waals surface area contributed by atoms with E-state index in [9.17, 15) is 14.0 Å². The van der Waals surface area contributed by atoms with Crippen molar-refractivity contribution in [3.63, 3.8) is 0 Å². The van der Waals surface area contributed by atoms with Crippen molar-refractivity contribution in [1.29, 1.82) is 0 Å². The molecule has 138 valence electrons. The van der Waals surface area contributed by atoms with Gasteiger partial charge < -0.3 is 10.1 Å². The molecule has 2 aromatic carbocycles. The summed E-state index contributed by atoms with van der Waals surface area (Å²) in [6, 6.07) is 10.6. The molecule has 0 atom stereocenters. The van der Waals surface area contributed by atoms with E-state index in [0.29, 0.717) is 16.6 Å². The molecule has 0 unspecified atom stereocenters. The second-order valence-electron chi connectivity index (χ2n) is 6.08. The van der Waals surface area contributed by atoms with Crippen LogP contribution in [0.25, 0.3) is 11.0 Å². The van der Waals surface area contributed by atoms with Crippen LogP contribution in [-0.4, -0.2) is 28.5 Å². The molecular formula is C20H18FN3O3. The number of aryl methyl sites for hydroxylation is 2. The van der Waals surface area contributed by atoms with Crippen molar-refractivity contribution < 1.29 is 18.7 Å².